The Morgan fingerprint density at radius 1 is 1.08 bits per heavy atom. The topological polar surface area (TPSA) is 86.7 Å². The maximum absolute atomic E-state index is 12.0. The molecule has 8 heteroatoms. The average molecular weight is 379 g/mol. The molecule has 2 atom stereocenters. The largest absolute Gasteiger partial charge is 0.425 e. The highest BCUT2D eigenvalue weighted by Gasteiger charge is 2.28. The predicted octanol–water partition coefficient (Wildman–Crippen LogP) is 3.27. The van der Waals surface area contributed by atoms with Crippen LogP contribution in [0.5, 0.6) is 0 Å². The highest BCUT2D eigenvalue weighted by atomic mass is 32.2. The Labute approximate surface area is 152 Å². The molecule has 6 nitrogen and oxygen atoms in total. The summed E-state index contributed by atoms with van der Waals surface area (Å²) in [6, 6.07) is 0. The molecule has 0 aliphatic rings. The van der Waals surface area contributed by atoms with Crippen molar-refractivity contribution in [1.82, 2.24) is 0 Å². The highest BCUT2D eigenvalue weighted by molar-refractivity contribution is 8.13. The van der Waals surface area contributed by atoms with E-state index >= 15 is 0 Å². The fourth-order valence-electron chi connectivity index (χ4n) is 1.46. The minimum atomic E-state index is -1.01. The molecule has 0 aliphatic heterocycles. The summed E-state index contributed by atoms with van der Waals surface area (Å²) in [5.41, 5.74) is 0. The first-order chi connectivity index (χ1) is 10.8. The number of esters is 1. The van der Waals surface area contributed by atoms with E-state index in [-0.39, 0.29) is 29.7 Å². The molecule has 0 aromatic carbocycles. The van der Waals surface area contributed by atoms with Gasteiger partial charge in [0, 0.05) is 25.0 Å². The summed E-state index contributed by atoms with van der Waals surface area (Å²) >= 11 is 4.97. The number of hydrogen-bond donors (Lipinski definition) is 1. The van der Waals surface area contributed by atoms with Crippen LogP contribution in [0.15, 0.2) is 0 Å². The second-order valence-corrected chi connectivity index (χ2v) is 8.41. The summed E-state index contributed by atoms with van der Waals surface area (Å²) < 4.78 is 9.03. The van der Waals surface area contributed by atoms with Crippen LogP contribution in [-0.4, -0.2) is 39.6 Å². The van der Waals surface area contributed by atoms with Gasteiger partial charge in [-0.05, 0) is 32.5 Å². The van der Waals surface area contributed by atoms with E-state index in [0.717, 1.165) is 11.8 Å². The van der Waals surface area contributed by atoms with E-state index in [1.54, 1.807) is 27.7 Å². The number of thioether (sulfide) groups is 1. The van der Waals surface area contributed by atoms with Crippen molar-refractivity contribution in [1.29, 1.82) is 0 Å². The molecule has 0 fully saturated rings. The molecular weight excluding hydrogens is 352 g/mol. The predicted molar refractivity (Wildman–Crippen MR) is 96.2 cm³/mol. The lowest BCUT2D eigenvalue weighted by molar-refractivity contribution is -0.167. The van der Waals surface area contributed by atoms with Crippen LogP contribution in [0.4, 0.5) is 4.79 Å². The van der Waals surface area contributed by atoms with E-state index in [9.17, 15) is 19.2 Å². The molecule has 0 amide bonds. The van der Waals surface area contributed by atoms with Gasteiger partial charge in [0.1, 0.15) is 11.6 Å². The van der Waals surface area contributed by atoms with Crippen molar-refractivity contribution in [3.05, 3.63) is 0 Å². The molecule has 0 heterocycles. The Morgan fingerprint density at radius 2 is 1.62 bits per heavy atom. The lowest BCUT2D eigenvalue weighted by Gasteiger charge is -2.20. The molecule has 0 radical (unpaired) electrons. The lowest BCUT2D eigenvalue weighted by Crippen LogP contribution is -2.30. The molecule has 0 unspecified atom stereocenters. The molecule has 0 rings (SSSR count). The van der Waals surface area contributed by atoms with Crippen molar-refractivity contribution in [3.63, 3.8) is 0 Å². The van der Waals surface area contributed by atoms with Gasteiger partial charge in [0.05, 0.1) is 10.7 Å². The number of ketones is 2. The maximum Gasteiger partial charge on any atom is 0.370 e. The van der Waals surface area contributed by atoms with Gasteiger partial charge < -0.3 is 9.47 Å². The second kappa shape index (κ2) is 10.1. The number of carbonyl (C=O) groups is 4. The molecule has 0 aliphatic carbocycles. The monoisotopic (exact) mass is 378 g/mol. The van der Waals surface area contributed by atoms with Crippen LogP contribution in [0.2, 0.25) is 0 Å². The molecule has 24 heavy (non-hydrogen) atoms. The van der Waals surface area contributed by atoms with Crippen LogP contribution in [-0.2, 0) is 23.9 Å². The third-order valence-electron chi connectivity index (χ3n) is 3.11. The summed E-state index contributed by atoms with van der Waals surface area (Å²) in [6.45, 7) is 9.46. The van der Waals surface area contributed by atoms with Crippen LogP contribution in [0.25, 0.3) is 0 Å². The zero-order chi connectivity index (χ0) is 19.1. The summed E-state index contributed by atoms with van der Waals surface area (Å²) in [5, 5.41) is -0.664. The Hall–Kier alpha value is -1.02. The summed E-state index contributed by atoms with van der Waals surface area (Å²) in [7, 11) is 0. The first kappa shape index (κ1) is 23.0. The fraction of sp³-hybridized carbons (Fsp3) is 0.750. The third kappa shape index (κ3) is 9.32. The SMILES string of the molecule is CC(=O)[C@H](CSC(=O)O[C@H](C)OC(=O)C(C)C)CC(=O)C(C)(C)S. The van der Waals surface area contributed by atoms with E-state index in [0.29, 0.717) is 0 Å². The molecular formula is C16H26O6S2. The van der Waals surface area contributed by atoms with Crippen LogP contribution < -0.4 is 0 Å². The average Bonchev–Trinajstić information content (AvgIpc) is 2.41. The van der Waals surface area contributed by atoms with E-state index in [2.05, 4.69) is 12.6 Å². The number of carbonyl (C=O) groups excluding carboxylic acids is 4. The molecule has 0 aromatic heterocycles. The first-order valence-electron chi connectivity index (χ1n) is 7.64. The third-order valence-corrected chi connectivity index (χ3v) is 4.26. The zero-order valence-electron chi connectivity index (χ0n) is 15.0. The van der Waals surface area contributed by atoms with Crippen molar-refractivity contribution in [2.24, 2.45) is 11.8 Å². The van der Waals surface area contributed by atoms with Gasteiger partial charge >= 0.3 is 11.3 Å². The normalized spacial score (nSPS) is 14.0. The van der Waals surface area contributed by atoms with Gasteiger partial charge in [-0.15, -0.1) is 0 Å². The van der Waals surface area contributed by atoms with E-state index < -0.39 is 28.2 Å². The number of Topliss-reactive ketones (excluding diaryl/α,β-unsaturated/α-hetero) is 2. The highest BCUT2D eigenvalue weighted by Crippen LogP contribution is 2.22. The minimum absolute atomic E-state index is 0.0179. The Balaban J connectivity index is 4.45. The van der Waals surface area contributed by atoms with Gasteiger partial charge in [-0.1, -0.05) is 13.8 Å². The van der Waals surface area contributed by atoms with Gasteiger partial charge in [0.15, 0.2) is 0 Å². The van der Waals surface area contributed by atoms with Crippen LogP contribution in [0.1, 0.15) is 48.0 Å². The summed E-state index contributed by atoms with van der Waals surface area (Å²) in [6.07, 6.45) is -0.988. The molecule has 0 saturated heterocycles. The molecule has 0 aromatic rings. The van der Waals surface area contributed by atoms with Crippen molar-refractivity contribution in [2.75, 3.05) is 5.75 Å². The van der Waals surface area contributed by atoms with Crippen LogP contribution >= 0.6 is 24.4 Å². The lowest BCUT2D eigenvalue weighted by atomic mass is 9.94. The maximum atomic E-state index is 12.0. The van der Waals surface area contributed by atoms with Gasteiger partial charge in [-0.3, -0.25) is 14.4 Å². The fourth-order valence-corrected chi connectivity index (χ4v) is 2.44. The number of hydrogen-bond acceptors (Lipinski definition) is 8. The van der Waals surface area contributed by atoms with Gasteiger partial charge in [-0.25, -0.2) is 4.79 Å². The quantitative estimate of drug-likeness (QED) is 0.374. The van der Waals surface area contributed by atoms with Crippen LogP contribution in [0.3, 0.4) is 0 Å². The summed E-state index contributed by atoms with van der Waals surface area (Å²) in [5.74, 6) is -1.61. The summed E-state index contributed by atoms with van der Waals surface area (Å²) in [4.78, 5) is 46.8. The zero-order valence-corrected chi connectivity index (χ0v) is 16.7. The van der Waals surface area contributed by atoms with E-state index in [1.807, 2.05) is 0 Å². The van der Waals surface area contributed by atoms with Crippen molar-refractivity contribution < 1.29 is 28.7 Å². The standard InChI is InChI=1S/C16H26O6S2/c1-9(2)14(19)21-11(4)22-15(20)24-8-12(10(3)17)7-13(18)16(5,6)23/h9,11-12,23H,7-8H2,1-6H3/t11-,12+/m1/s1. The van der Waals surface area contributed by atoms with Gasteiger partial charge in [0.2, 0.25) is 6.29 Å². The molecule has 0 N–H and O–H groups in total. The van der Waals surface area contributed by atoms with Crippen molar-refractivity contribution in [3.8, 4) is 0 Å². The minimum Gasteiger partial charge on any atom is -0.425 e. The van der Waals surface area contributed by atoms with Gasteiger partial charge in [-0.2, -0.15) is 12.6 Å². The number of thiol groups is 1. The van der Waals surface area contributed by atoms with Crippen molar-refractivity contribution in [2.45, 2.75) is 59.0 Å². The number of ether oxygens (including phenoxy) is 2. The smallest absolute Gasteiger partial charge is 0.370 e. The Kier molecular flexibility index (Phi) is 9.65. The van der Waals surface area contributed by atoms with Gasteiger partial charge in [0.25, 0.3) is 0 Å². The molecule has 0 saturated carbocycles. The van der Waals surface area contributed by atoms with Crippen LogP contribution in [0, 0.1) is 11.8 Å². The van der Waals surface area contributed by atoms with E-state index in [4.69, 9.17) is 9.47 Å². The Bertz CT molecular complexity index is 481. The molecule has 138 valence electrons. The second-order valence-electron chi connectivity index (χ2n) is 6.33. The number of rotatable bonds is 9. The Morgan fingerprint density at radius 3 is 2.04 bits per heavy atom. The molecule has 0 spiro atoms. The molecule has 0 bridgehead atoms. The van der Waals surface area contributed by atoms with Crippen molar-refractivity contribution >= 4 is 47.2 Å². The first-order valence-corrected chi connectivity index (χ1v) is 9.07. The van der Waals surface area contributed by atoms with E-state index in [1.165, 1.54) is 13.8 Å².